The average Bonchev–Trinajstić information content (AvgIpc) is 2.74. The number of ether oxygens (including phenoxy) is 1. The fraction of sp³-hybridized carbons (Fsp3) is 0.368. The Bertz CT molecular complexity index is 941. The summed E-state index contributed by atoms with van der Waals surface area (Å²) in [4.78, 5) is 44.1. The van der Waals surface area contributed by atoms with Crippen LogP contribution in [-0.2, 0) is 14.3 Å². The summed E-state index contributed by atoms with van der Waals surface area (Å²) in [6, 6.07) is 6.71. The lowest BCUT2D eigenvalue weighted by Gasteiger charge is -2.31. The second-order valence-electron chi connectivity index (χ2n) is 6.82. The molecule has 1 saturated heterocycles. The van der Waals surface area contributed by atoms with Crippen molar-refractivity contribution in [3.8, 4) is 0 Å². The third-order valence-corrected chi connectivity index (χ3v) is 4.78. The van der Waals surface area contributed by atoms with E-state index in [9.17, 15) is 19.7 Å². The van der Waals surface area contributed by atoms with E-state index in [0.717, 1.165) is 0 Å². The Kier molecular flexibility index (Phi) is 6.40. The number of methoxy groups -OCH3 is 1. The van der Waals surface area contributed by atoms with Crippen LogP contribution in [0.2, 0.25) is 0 Å². The van der Waals surface area contributed by atoms with Crippen molar-refractivity contribution < 1.29 is 19.2 Å². The lowest BCUT2D eigenvalue weighted by Crippen LogP contribution is -2.37. The van der Waals surface area contributed by atoms with E-state index in [1.54, 1.807) is 29.2 Å². The standard InChI is InChI=1S/C19H22N6O5/c1-12(26)22-14-3-5-15(6-4-14)23-17-16(25(28)29)18(21-11-20-17)24-9-7-13(8-10-24)19(27)30-2/h3-6,11,13H,7-10H2,1-2H3,(H,22,26)(H,20,21,23). The van der Waals surface area contributed by atoms with Crippen molar-refractivity contribution in [2.45, 2.75) is 19.8 Å². The van der Waals surface area contributed by atoms with Crippen LogP contribution in [0.5, 0.6) is 0 Å². The van der Waals surface area contributed by atoms with Crippen molar-refractivity contribution in [1.82, 2.24) is 9.97 Å². The average molecular weight is 414 g/mol. The van der Waals surface area contributed by atoms with E-state index in [2.05, 4.69) is 20.6 Å². The van der Waals surface area contributed by atoms with Crippen LogP contribution in [0.1, 0.15) is 19.8 Å². The van der Waals surface area contributed by atoms with Crippen LogP contribution in [0.4, 0.5) is 28.7 Å². The van der Waals surface area contributed by atoms with Gasteiger partial charge in [0, 0.05) is 31.4 Å². The number of esters is 1. The molecule has 0 unspecified atom stereocenters. The predicted molar refractivity (Wildman–Crippen MR) is 110 cm³/mol. The first-order chi connectivity index (χ1) is 14.4. The monoisotopic (exact) mass is 414 g/mol. The number of carbonyl (C=O) groups excluding carboxylic acids is 2. The van der Waals surface area contributed by atoms with Crippen LogP contribution in [0, 0.1) is 16.0 Å². The molecule has 1 aromatic carbocycles. The molecule has 30 heavy (non-hydrogen) atoms. The lowest BCUT2D eigenvalue weighted by molar-refractivity contribution is -0.383. The predicted octanol–water partition coefficient (Wildman–Crippen LogP) is 2.48. The number of aromatic nitrogens is 2. The summed E-state index contributed by atoms with van der Waals surface area (Å²) < 4.78 is 4.78. The van der Waals surface area contributed by atoms with E-state index in [0.29, 0.717) is 37.3 Å². The second kappa shape index (κ2) is 9.16. The number of anilines is 4. The minimum atomic E-state index is -0.518. The van der Waals surface area contributed by atoms with Gasteiger partial charge >= 0.3 is 11.7 Å². The first kappa shape index (κ1) is 21.0. The number of piperidine rings is 1. The van der Waals surface area contributed by atoms with Crippen molar-refractivity contribution in [3.63, 3.8) is 0 Å². The molecule has 3 rings (SSSR count). The van der Waals surface area contributed by atoms with Gasteiger partial charge in [0.15, 0.2) is 0 Å². The maximum Gasteiger partial charge on any atom is 0.353 e. The molecule has 0 bridgehead atoms. The largest absolute Gasteiger partial charge is 0.469 e. The first-order valence-corrected chi connectivity index (χ1v) is 9.36. The summed E-state index contributed by atoms with van der Waals surface area (Å²) in [5, 5.41) is 17.4. The van der Waals surface area contributed by atoms with Gasteiger partial charge in [-0.1, -0.05) is 0 Å². The summed E-state index contributed by atoms with van der Waals surface area (Å²) in [7, 11) is 1.35. The van der Waals surface area contributed by atoms with Crippen molar-refractivity contribution in [3.05, 3.63) is 40.7 Å². The summed E-state index contributed by atoms with van der Waals surface area (Å²) in [5.41, 5.74) is 0.945. The SMILES string of the molecule is COC(=O)C1CCN(c2ncnc(Nc3ccc(NC(C)=O)cc3)c2[N+](=O)[O-])CC1. The molecular weight excluding hydrogens is 392 g/mol. The Morgan fingerprint density at radius 2 is 1.80 bits per heavy atom. The molecule has 0 radical (unpaired) electrons. The Morgan fingerprint density at radius 3 is 2.37 bits per heavy atom. The minimum Gasteiger partial charge on any atom is -0.469 e. The van der Waals surface area contributed by atoms with E-state index in [-0.39, 0.29) is 35.1 Å². The highest BCUT2D eigenvalue weighted by Crippen LogP contribution is 2.35. The van der Waals surface area contributed by atoms with E-state index in [1.165, 1.54) is 20.4 Å². The molecule has 0 spiro atoms. The smallest absolute Gasteiger partial charge is 0.353 e. The quantitative estimate of drug-likeness (QED) is 0.414. The van der Waals surface area contributed by atoms with Crippen molar-refractivity contribution in [1.29, 1.82) is 0 Å². The van der Waals surface area contributed by atoms with Crippen molar-refractivity contribution in [2.24, 2.45) is 5.92 Å². The molecule has 1 amide bonds. The van der Waals surface area contributed by atoms with E-state index in [1.807, 2.05) is 0 Å². The molecule has 158 valence electrons. The molecule has 1 aromatic heterocycles. The third-order valence-electron chi connectivity index (χ3n) is 4.78. The second-order valence-corrected chi connectivity index (χ2v) is 6.82. The molecule has 2 aromatic rings. The van der Waals surface area contributed by atoms with Gasteiger partial charge in [-0.25, -0.2) is 9.97 Å². The zero-order valence-electron chi connectivity index (χ0n) is 16.6. The normalized spacial score (nSPS) is 14.1. The molecule has 11 heteroatoms. The highest BCUT2D eigenvalue weighted by atomic mass is 16.6. The highest BCUT2D eigenvalue weighted by molar-refractivity contribution is 5.89. The number of amides is 1. The summed E-state index contributed by atoms with van der Waals surface area (Å²) >= 11 is 0. The first-order valence-electron chi connectivity index (χ1n) is 9.36. The summed E-state index contributed by atoms with van der Waals surface area (Å²) in [6.07, 6.45) is 2.32. The van der Waals surface area contributed by atoms with Gasteiger partial charge in [0.05, 0.1) is 18.0 Å². The highest BCUT2D eigenvalue weighted by Gasteiger charge is 2.32. The zero-order chi connectivity index (χ0) is 21.7. The molecule has 0 aliphatic carbocycles. The van der Waals surface area contributed by atoms with Gasteiger partial charge < -0.3 is 20.3 Å². The molecular formula is C19H22N6O5. The van der Waals surface area contributed by atoms with Gasteiger partial charge in [-0.3, -0.25) is 19.7 Å². The molecule has 1 aliphatic rings. The van der Waals surface area contributed by atoms with Crippen LogP contribution < -0.4 is 15.5 Å². The number of carbonyl (C=O) groups is 2. The Labute approximate surface area is 172 Å². The number of nitrogens with zero attached hydrogens (tertiary/aromatic N) is 4. The van der Waals surface area contributed by atoms with Crippen molar-refractivity contribution in [2.75, 3.05) is 35.7 Å². The zero-order valence-corrected chi connectivity index (χ0v) is 16.6. The number of rotatable bonds is 6. The van der Waals surface area contributed by atoms with Crippen LogP contribution in [-0.4, -0.2) is 47.0 Å². The summed E-state index contributed by atoms with van der Waals surface area (Å²) in [6.45, 7) is 2.30. The van der Waals surface area contributed by atoms with Gasteiger partial charge in [0.1, 0.15) is 6.33 Å². The maximum absolute atomic E-state index is 11.8. The number of hydrogen-bond donors (Lipinski definition) is 2. The fourth-order valence-electron chi connectivity index (χ4n) is 3.33. The minimum absolute atomic E-state index is 0.0624. The molecule has 11 nitrogen and oxygen atoms in total. The topological polar surface area (TPSA) is 140 Å². The summed E-state index contributed by atoms with van der Waals surface area (Å²) in [5.74, 6) is -0.408. The van der Waals surface area contributed by atoms with Crippen LogP contribution in [0.15, 0.2) is 30.6 Å². The van der Waals surface area contributed by atoms with Gasteiger partial charge in [0.25, 0.3) is 0 Å². The Hall–Kier alpha value is -3.76. The number of hydrogen-bond acceptors (Lipinski definition) is 9. The van der Waals surface area contributed by atoms with Crippen LogP contribution >= 0.6 is 0 Å². The number of nitro groups is 1. The molecule has 0 saturated carbocycles. The van der Waals surface area contributed by atoms with Gasteiger partial charge in [-0.15, -0.1) is 0 Å². The fourth-order valence-corrected chi connectivity index (χ4v) is 3.33. The van der Waals surface area contributed by atoms with Gasteiger partial charge in [-0.2, -0.15) is 0 Å². The van der Waals surface area contributed by atoms with E-state index < -0.39 is 4.92 Å². The third kappa shape index (κ3) is 4.80. The van der Waals surface area contributed by atoms with Crippen LogP contribution in [0.25, 0.3) is 0 Å². The van der Waals surface area contributed by atoms with E-state index >= 15 is 0 Å². The maximum atomic E-state index is 11.8. The lowest BCUT2D eigenvalue weighted by atomic mass is 9.97. The molecule has 2 heterocycles. The van der Waals surface area contributed by atoms with Gasteiger partial charge in [-0.05, 0) is 37.1 Å². The molecule has 2 N–H and O–H groups in total. The molecule has 0 atom stereocenters. The Balaban J connectivity index is 1.81. The van der Waals surface area contributed by atoms with Crippen LogP contribution in [0.3, 0.4) is 0 Å². The van der Waals surface area contributed by atoms with Crippen molar-refractivity contribution >= 4 is 40.6 Å². The number of nitrogens with one attached hydrogen (secondary N) is 2. The Morgan fingerprint density at radius 1 is 1.17 bits per heavy atom. The van der Waals surface area contributed by atoms with Gasteiger partial charge in [0.2, 0.25) is 17.5 Å². The molecule has 1 fully saturated rings. The van der Waals surface area contributed by atoms with E-state index in [4.69, 9.17) is 4.74 Å². The number of benzene rings is 1. The molecule has 1 aliphatic heterocycles.